The minimum Gasteiger partial charge on any atom is -0.393 e. The van der Waals surface area contributed by atoms with Gasteiger partial charge in [-0.15, -0.1) is 0 Å². The van der Waals surface area contributed by atoms with E-state index < -0.39 is 4.92 Å². The highest BCUT2D eigenvalue weighted by atomic mass is 16.6. The first kappa shape index (κ1) is 15.2. The second-order valence-corrected chi connectivity index (χ2v) is 5.21. The van der Waals surface area contributed by atoms with Crippen LogP contribution in [0.5, 0.6) is 0 Å². The van der Waals surface area contributed by atoms with Gasteiger partial charge in [-0.05, 0) is 18.9 Å². The number of nitrogens with one attached hydrogen (secondary N) is 2. The van der Waals surface area contributed by atoms with Gasteiger partial charge in [0.15, 0.2) is 0 Å². The van der Waals surface area contributed by atoms with Gasteiger partial charge >= 0.3 is 0 Å². The summed E-state index contributed by atoms with van der Waals surface area (Å²) in [4.78, 5) is 22.1. The molecule has 0 spiro atoms. The summed E-state index contributed by atoms with van der Waals surface area (Å²) >= 11 is 0. The number of aliphatic hydroxyl groups excluding tert-OH is 1. The lowest BCUT2D eigenvalue weighted by atomic mass is 10.1. The van der Waals surface area contributed by atoms with Gasteiger partial charge < -0.3 is 15.7 Å². The Hall–Kier alpha value is -2.15. The fourth-order valence-corrected chi connectivity index (χ4v) is 2.62. The molecule has 2 rings (SSSR count). The Bertz CT molecular complexity index is 547. The van der Waals surface area contributed by atoms with Gasteiger partial charge in [0.25, 0.3) is 11.6 Å². The first-order chi connectivity index (χ1) is 10.0. The molecule has 7 nitrogen and oxygen atoms in total. The summed E-state index contributed by atoms with van der Waals surface area (Å²) in [7, 11) is 1.48. The maximum Gasteiger partial charge on any atom is 0.270 e. The molecule has 0 saturated heterocycles. The van der Waals surface area contributed by atoms with Crippen molar-refractivity contribution in [3.05, 3.63) is 33.9 Å². The third kappa shape index (κ3) is 3.49. The average Bonchev–Trinajstić information content (AvgIpc) is 2.89. The third-order valence-electron chi connectivity index (χ3n) is 3.86. The van der Waals surface area contributed by atoms with E-state index in [1.165, 1.54) is 25.2 Å². The molecule has 1 aromatic carbocycles. The number of rotatable bonds is 5. The summed E-state index contributed by atoms with van der Waals surface area (Å²) in [6, 6.07) is 4.15. The number of non-ortho nitro benzene ring substituents is 1. The Kier molecular flexibility index (Phi) is 4.74. The fraction of sp³-hybridized carbons (Fsp3) is 0.500. The summed E-state index contributed by atoms with van der Waals surface area (Å²) < 4.78 is 0. The number of carbonyl (C=O) groups is 1. The molecule has 0 heterocycles. The molecule has 1 aromatic rings. The van der Waals surface area contributed by atoms with Gasteiger partial charge in [-0.2, -0.15) is 0 Å². The molecule has 1 amide bonds. The summed E-state index contributed by atoms with van der Waals surface area (Å²) in [5, 5.41) is 26.2. The fourth-order valence-electron chi connectivity index (χ4n) is 2.62. The van der Waals surface area contributed by atoms with Crippen LogP contribution >= 0.6 is 0 Å². The Morgan fingerprint density at radius 2 is 2.24 bits per heavy atom. The number of hydrogen-bond donors (Lipinski definition) is 3. The van der Waals surface area contributed by atoms with Crippen molar-refractivity contribution in [2.24, 2.45) is 5.92 Å². The monoisotopic (exact) mass is 293 g/mol. The quantitative estimate of drug-likeness (QED) is 0.564. The van der Waals surface area contributed by atoms with Crippen molar-refractivity contribution in [1.29, 1.82) is 0 Å². The molecule has 7 heteroatoms. The predicted molar refractivity (Wildman–Crippen MR) is 78.3 cm³/mol. The molecule has 114 valence electrons. The first-order valence-corrected chi connectivity index (χ1v) is 6.95. The van der Waals surface area contributed by atoms with Gasteiger partial charge in [-0.25, -0.2) is 0 Å². The van der Waals surface area contributed by atoms with Crippen LogP contribution < -0.4 is 10.6 Å². The molecule has 0 aromatic heterocycles. The van der Waals surface area contributed by atoms with Crippen LogP contribution in [0.2, 0.25) is 0 Å². The lowest BCUT2D eigenvalue weighted by Gasteiger charge is -2.17. The van der Waals surface area contributed by atoms with Crippen LogP contribution in [0.4, 0.5) is 11.4 Å². The lowest BCUT2D eigenvalue weighted by Crippen LogP contribution is -2.24. The Morgan fingerprint density at radius 1 is 1.48 bits per heavy atom. The van der Waals surface area contributed by atoms with E-state index in [9.17, 15) is 20.0 Å². The molecule has 1 aliphatic carbocycles. The third-order valence-corrected chi connectivity index (χ3v) is 3.86. The average molecular weight is 293 g/mol. The highest BCUT2D eigenvalue weighted by molar-refractivity contribution is 6.00. The highest BCUT2D eigenvalue weighted by Crippen LogP contribution is 2.27. The van der Waals surface area contributed by atoms with Crippen LogP contribution in [-0.2, 0) is 0 Å². The van der Waals surface area contributed by atoms with E-state index in [4.69, 9.17) is 0 Å². The first-order valence-electron chi connectivity index (χ1n) is 6.95. The number of carbonyl (C=O) groups excluding carboxylic acids is 1. The van der Waals surface area contributed by atoms with E-state index in [0.29, 0.717) is 12.2 Å². The standard InChI is InChI=1S/C14H19N3O4/c1-15-14(19)11-7-10(17(20)21)5-6-12(11)16-8-9-3-2-4-13(9)18/h5-7,9,13,16,18H,2-4,8H2,1H3,(H,15,19). The summed E-state index contributed by atoms with van der Waals surface area (Å²) in [5.41, 5.74) is 0.651. The van der Waals surface area contributed by atoms with Crippen LogP contribution in [0.15, 0.2) is 18.2 Å². The molecule has 0 aliphatic heterocycles. The van der Waals surface area contributed by atoms with E-state index in [0.717, 1.165) is 19.3 Å². The number of hydrogen-bond acceptors (Lipinski definition) is 5. The van der Waals surface area contributed by atoms with Gasteiger partial charge in [0.05, 0.1) is 16.6 Å². The number of benzene rings is 1. The summed E-state index contributed by atoms with van der Waals surface area (Å²) in [5.74, 6) is -0.231. The van der Waals surface area contributed by atoms with E-state index in [-0.39, 0.29) is 29.2 Å². The second-order valence-electron chi connectivity index (χ2n) is 5.21. The molecule has 2 atom stereocenters. The van der Waals surface area contributed by atoms with Gasteiger partial charge in [0.1, 0.15) is 0 Å². The van der Waals surface area contributed by atoms with E-state index in [2.05, 4.69) is 10.6 Å². The predicted octanol–water partition coefficient (Wildman–Crippen LogP) is 1.53. The van der Waals surface area contributed by atoms with Gasteiger partial charge in [-0.3, -0.25) is 14.9 Å². The Morgan fingerprint density at radius 3 is 2.81 bits per heavy atom. The smallest absolute Gasteiger partial charge is 0.270 e. The van der Waals surface area contributed by atoms with E-state index >= 15 is 0 Å². The van der Waals surface area contributed by atoms with Crippen molar-refractivity contribution in [2.75, 3.05) is 18.9 Å². The Balaban J connectivity index is 2.17. The molecule has 21 heavy (non-hydrogen) atoms. The SMILES string of the molecule is CNC(=O)c1cc([N+](=O)[O-])ccc1NCC1CCCC1O. The van der Waals surface area contributed by atoms with Gasteiger partial charge in [-0.1, -0.05) is 6.42 Å². The topological polar surface area (TPSA) is 104 Å². The van der Waals surface area contributed by atoms with E-state index in [1.54, 1.807) is 0 Å². The van der Waals surface area contributed by atoms with Crippen molar-refractivity contribution < 1.29 is 14.8 Å². The molecule has 1 saturated carbocycles. The summed E-state index contributed by atoms with van der Waals surface area (Å²) in [6.07, 6.45) is 2.42. The van der Waals surface area contributed by atoms with Crippen molar-refractivity contribution >= 4 is 17.3 Å². The van der Waals surface area contributed by atoms with Crippen LogP contribution in [0.25, 0.3) is 0 Å². The van der Waals surface area contributed by atoms with Crippen molar-refractivity contribution in [3.8, 4) is 0 Å². The van der Waals surface area contributed by atoms with Crippen molar-refractivity contribution in [3.63, 3.8) is 0 Å². The zero-order valence-corrected chi connectivity index (χ0v) is 11.8. The number of amides is 1. The van der Waals surface area contributed by atoms with Crippen molar-refractivity contribution in [1.82, 2.24) is 5.32 Å². The molecule has 1 fully saturated rings. The minimum atomic E-state index is -0.531. The number of anilines is 1. The zero-order chi connectivity index (χ0) is 15.4. The molecular weight excluding hydrogens is 274 g/mol. The molecule has 0 bridgehead atoms. The Labute approximate surface area is 122 Å². The normalized spacial score (nSPS) is 21.0. The van der Waals surface area contributed by atoms with E-state index in [1.807, 2.05) is 0 Å². The van der Waals surface area contributed by atoms with Gasteiger partial charge in [0.2, 0.25) is 0 Å². The number of nitrogens with zero attached hydrogens (tertiary/aromatic N) is 1. The maximum atomic E-state index is 11.8. The number of aliphatic hydroxyl groups is 1. The number of nitro benzene ring substituents is 1. The zero-order valence-electron chi connectivity index (χ0n) is 11.8. The van der Waals surface area contributed by atoms with Crippen LogP contribution in [0.1, 0.15) is 29.6 Å². The van der Waals surface area contributed by atoms with Crippen LogP contribution in [0.3, 0.4) is 0 Å². The molecule has 1 aliphatic rings. The maximum absolute atomic E-state index is 11.8. The minimum absolute atomic E-state index is 0.125. The second kappa shape index (κ2) is 6.53. The highest BCUT2D eigenvalue weighted by Gasteiger charge is 2.25. The number of nitro groups is 1. The largest absolute Gasteiger partial charge is 0.393 e. The van der Waals surface area contributed by atoms with Crippen LogP contribution in [0, 0.1) is 16.0 Å². The molecule has 3 N–H and O–H groups in total. The summed E-state index contributed by atoms with van der Waals surface area (Å²) in [6.45, 7) is 0.545. The molecule has 2 unspecified atom stereocenters. The molecule has 0 radical (unpaired) electrons. The van der Waals surface area contributed by atoms with Crippen LogP contribution in [-0.4, -0.2) is 35.6 Å². The van der Waals surface area contributed by atoms with Crippen molar-refractivity contribution in [2.45, 2.75) is 25.4 Å². The molecular formula is C14H19N3O4. The lowest BCUT2D eigenvalue weighted by molar-refractivity contribution is -0.384. The van der Waals surface area contributed by atoms with Gasteiger partial charge in [0, 0.05) is 37.3 Å².